The van der Waals surface area contributed by atoms with E-state index in [1.54, 1.807) is 24.4 Å². The number of nitrogens with zero attached hydrogens (tertiary/aromatic N) is 2. The summed E-state index contributed by atoms with van der Waals surface area (Å²) in [6.45, 7) is 0. The van der Waals surface area contributed by atoms with E-state index in [9.17, 15) is 5.11 Å². The van der Waals surface area contributed by atoms with E-state index < -0.39 is 6.29 Å². The Morgan fingerprint density at radius 3 is 2.65 bits per heavy atom. The third-order valence-electron chi connectivity index (χ3n) is 2.18. The largest absolute Gasteiger partial charge is 0.451 e. The van der Waals surface area contributed by atoms with Crippen LogP contribution in [0, 0.1) is 11.3 Å². The Balaban J connectivity index is 2.38. The van der Waals surface area contributed by atoms with Gasteiger partial charge in [0.15, 0.2) is 0 Å². The topological polar surface area (TPSA) is 66.1 Å². The first-order valence-electron chi connectivity index (χ1n) is 5.06. The summed E-state index contributed by atoms with van der Waals surface area (Å²) in [5.41, 5.74) is 1.47. The fourth-order valence-electron chi connectivity index (χ4n) is 1.45. The lowest BCUT2D eigenvalue weighted by atomic mass is 10.1. The quantitative estimate of drug-likeness (QED) is 0.641. The van der Waals surface area contributed by atoms with Gasteiger partial charge in [-0.15, -0.1) is 0 Å². The van der Waals surface area contributed by atoms with Gasteiger partial charge in [0.05, 0.1) is 5.69 Å². The summed E-state index contributed by atoms with van der Waals surface area (Å²) >= 11 is 0. The van der Waals surface area contributed by atoms with Gasteiger partial charge in [0, 0.05) is 11.8 Å². The number of hydrogen-bond acceptors (Lipinski definition) is 4. The summed E-state index contributed by atoms with van der Waals surface area (Å²) in [7, 11) is 0. The highest BCUT2D eigenvalue weighted by atomic mass is 16.6. The lowest BCUT2D eigenvalue weighted by molar-refractivity contribution is 0.0318. The normalized spacial score (nSPS) is 11.5. The summed E-state index contributed by atoms with van der Waals surface area (Å²) in [5.74, 6) is 0.431. The lowest BCUT2D eigenvalue weighted by Gasteiger charge is -2.11. The molecule has 4 heteroatoms. The van der Waals surface area contributed by atoms with Crippen molar-refractivity contribution in [3.8, 4) is 23.1 Å². The molecule has 0 bridgehead atoms. The van der Waals surface area contributed by atoms with Crippen LogP contribution in [0.3, 0.4) is 0 Å². The Morgan fingerprint density at radius 1 is 1.18 bits per heavy atom. The molecule has 84 valence electrons. The number of para-hydroxylation sites is 1. The minimum atomic E-state index is -1.47. The van der Waals surface area contributed by atoms with Crippen molar-refractivity contribution < 1.29 is 9.84 Å². The molecule has 1 atom stereocenters. The van der Waals surface area contributed by atoms with Gasteiger partial charge in [-0.1, -0.05) is 18.2 Å². The maximum Gasteiger partial charge on any atom is 0.287 e. The van der Waals surface area contributed by atoms with Gasteiger partial charge in [-0.3, -0.25) is 4.98 Å². The molecular formula is C13H10N2O2. The van der Waals surface area contributed by atoms with Gasteiger partial charge in [-0.05, 0) is 24.3 Å². The van der Waals surface area contributed by atoms with Crippen LogP contribution in [0.15, 0.2) is 48.7 Å². The second kappa shape index (κ2) is 5.10. The van der Waals surface area contributed by atoms with Gasteiger partial charge >= 0.3 is 0 Å². The molecule has 0 aliphatic heterocycles. The highest BCUT2D eigenvalue weighted by molar-refractivity contribution is 5.66. The summed E-state index contributed by atoms with van der Waals surface area (Å²) in [5, 5.41) is 17.7. The molecule has 2 aromatic rings. The van der Waals surface area contributed by atoms with E-state index >= 15 is 0 Å². The van der Waals surface area contributed by atoms with Gasteiger partial charge in [0.25, 0.3) is 6.29 Å². The number of nitriles is 1. The van der Waals surface area contributed by atoms with E-state index in [1.807, 2.05) is 30.3 Å². The Morgan fingerprint density at radius 2 is 1.94 bits per heavy atom. The van der Waals surface area contributed by atoms with E-state index in [-0.39, 0.29) is 0 Å². The van der Waals surface area contributed by atoms with Gasteiger partial charge in [-0.2, -0.15) is 5.26 Å². The minimum absolute atomic E-state index is 0.431. The van der Waals surface area contributed by atoms with E-state index in [1.165, 1.54) is 0 Å². The van der Waals surface area contributed by atoms with E-state index in [0.29, 0.717) is 5.75 Å². The molecule has 0 aliphatic carbocycles. The highest BCUT2D eigenvalue weighted by Crippen LogP contribution is 2.28. The van der Waals surface area contributed by atoms with Crippen molar-refractivity contribution in [1.29, 1.82) is 5.26 Å². The zero-order chi connectivity index (χ0) is 12.1. The smallest absolute Gasteiger partial charge is 0.287 e. The number of ether oxygens (including phenoxy) is 1. The van der Waals surface area contributed by atoms with Crippen LogP contribution < -0.4 is 4.74 Å². The molecule has 0 fully saturated rings. The lowest BCUT2D eigenvalue weighted by Crippen LogP contribution is -2.12. The van der Waals surface area contributed by atoms with Crippen LogP contribution in [-0.4, -0.2) is 16.4 Å². The second-order valence-corrected chi connectivity index (χ2v) is 3.31. The van der Waals surface area contributed by atoms with Crippen LogP contribution in [0.4, 0.5) is 0 Å². The standard InChI is InChI=1S/C13H10N2O2/c14-9-13(16)17-12-7-2-1-5-10(12)11-6-3-4-8-15-11/h1-8,13,16H. The summed E-state index contributed by atoms with van der Waals surface area (Å²) in [6, 6.07) is 14.2. The molecule has 17 heavy (non-hydrogen) atoms. The van der Waals surface area contributed by atoms with Crippen molar-refractivity contribution in [2.45, 2.75) is 6.29 Å². The Labute approximate surface area is 98.7 Å². The van der Waals surface area contributed by atoms with Crippen LogP contribution >= 0.6 is 0 Å². The molecule has 0 aliphatic rings. The van der Waals surface area contributed by atoms with Crippen molar-refractivity contribution in [2.24, 2.45) is 0 Å². The number of pyridine rings is 1. The predicted octanol–water partition coefficient (Wildman–Crippen LogP) is 1.97. The average Bonchev–Trinajstić information content (AvgIpc) is 2.40. The zero-order valence-electron chi connectivity index (χ0n) is 8.95. The first kappa shape index (κ1) is 11.1. The first-order chi connectivity index (χ1) is 8.31. The predicted molar refractivity (Wildman–Crippen MR) is 61.9 cm³/mol. The summed E-state index contributed by atoms with van der Waals surface area (Å²) in [4.78, 5) is 4.20. The second-order valence-electron chi connectivity index (χ2n) is 3.31. The molecule has 1 unspecified atom stereocenters. The monoisotopic (exact) mass is 226 g/mol. The molecule has 1 heterocycles. The maximum atomic E-state index is 9.18. The number of hydrogen-bond donors (Lipinski definition) is 1. The zero-order valence-corrected chi connectivity index (χ0v) is 8.95. The first-order valence-corrected chi connectivity index (χ1v) is 5.06. The van der Waals surface area contributed by atoms with Crippen molar-refractivity contribution >= 4 is 0 Å². The van der Waals surface area contributed by atoms with Crippen molar-refractivity contribution in [1.82, 2.24) is 4.98 Å². The van der Waals surface area contributed by atoms with E-state index in [0.717, 1.165) is 11.3 Å². The highest BCUT2D eigenvalue weighted by Gasteiger charge is 2.10. The molecule has 0 saturated carbocycles. The van der Waals surface area contributed by atoms with Crippen molar-refractivity contribution in [2.75, 3.05) is 0 Å². The molecular weight excluding hydrogens is 216 g/mol. The van der Waals surface area contributed by atoms with Crippen LogP contribution in [0.5, 0.6) is 5.75 Å². The number of aromatic nitrogens is 1. The van der Waals surface area contributed by atoms with Crippen LogP contribution in [0.1, 0.15) is 0 Å². The Bertz CT molecular complexity index is 535. The van der Waals surface area contributed by atoms with Crippen molar-refractivity contribution in [3.63, 3.8) is 0 Å². The number of benzene rings is 1. The molecule has 1 aromatic carbocycles. The van der Waals surface area contributed by atoms with Gasteiger partial charge in [0.2, 0.25) is 0 Å². The van der Waals surface area contributed by atoms with E-state index in [2.05, 4.69) is 4.98 Å². The number of aliphatic hydroxyl groups excluding tert-OH is 1. The van der Waals surface area contributed by atoms with Crippen molar-refractivity contribution in [3.05, 3.63) is 48.7 Å². The third-order valence-corrected chi connectivity index (χ3v) is 2.18. The SMILES string of the molecule is N#CC(O)Oc1ccccc1-c1ccccn1. The van der Waals surface area contributed by atoms with Crippen LogP contribution in [0.25, 0.3) is 11.3 Å². The Hall–Kier alpha value is -2.38. The van der Waals surface area contributed by atoms with Gasteiger partial charge in [0.1, 0.15) is 11.8 Å². The molecule has 0 radical (unpaired) electrons. The number of aliphatic hydroxyl groups is 1. The molecule has 0 spiro atoms. The summed E-state index contributed by atoms with van der Waals surface area (Å²) < 4.78 is 5.10. The summed E-state index contributed by atoms with van der Waals surface area (Å²) in [6.07, 6.45) is 0.201. The maximum absolute atomic E-state index is 9.18. The van der Waals surface area contributed by atoms with Crippen LogP contribution in [0.2, 0.25) is 0 Å². The van der Waals surface area contributed by atoms with Crippen LogP contribution in [-0.2, 0) is 0 Å². The van der Waals surface area contributed by atoms with Gasteiger partial charge in [-0.25, -0.2) is 0 Å². The van der Waals surface area contributed by atoms with Gasteiger partial charge < -0.3 is 9.84 Å². The minimum Gasteiger partial charge on any atom is -0.451 e. The number of rotatable bonds is 3. The fraction of sp³-hybridized carbons (Fsp3) is 0.0769. The molecule has 4 nitrogen and oxygen atoms in total. The molecule has 0 amide bonds. The molecule has 2 rings (SSSR count). The molecule has 1 aromatic heterocycles. The third kappa shape index (κ3) is 2.60. The van der Waals surface area contributed by atoms with E-state index in [4.69, 9.17) is 10.00 Å². The fourth-order valence-corrected chi connectivity index (χ4v) is 1.45. The average molecular weight is 226 g/mol. The molecule has 0 saturated heterocycles. The molecule has 1 N–H and O–H groups in total. The Kier molecular flexibility index (Phi) is 3.34.